The number of nitrogens with one attached hydrogen (secondary N) is 1. The second-order valence-electron chi connectivity index (χ2n) is 7.03. The van der Waals surface area contributed by atoms with Gasteiger partial charge in [0.25, 0.3) is 26.0 Å². The summed E-state index contributed by atoms with van der Waals surface area (Å²) in [6.07, 6.45) is 0. The van der Waals surface area contributed by atoms with Crippen LogP contribution in [0.3, 0.4) is 0 Å². The molecular weight excluding hydrogens is 509 g/mol. The fourth-order valence-corrected chi connectivity index (χ4v) is 5.97. The fraction of sp³-hybridized carbons (Fsp3) is 0.0476. The van der Waals surface area contributed by atoms with Gasteiger partial charge in [0.15, 0.2) is 5.84 Å². The highest BCUT2D eigenvalue weighted by Gasteiger charge is 2.36. The number of benzene rings is 3. The van der Waals surface area contributed by atoms with Crippen LogP contribution in [-0.2, 0) is 20.0 Å². The molecule has 1 amide bonds. The Kier molecular flexibility index (Phi) is 5.95. The molecule has 0 radical (unpaired) electrons. The minimum atomic E-state index is -4.51. The van der Waals surface area contributed by atoms with Crippen LogP contribution >= 0.6 is 23.2 Å². The minimum Gasteiger partial charge on any atom is -0.266 e. The largest absolute Gasteiger partial charge is 0.288 e. The van der Waals surface area contributed by atoms with Crippen LogP contribution in [0, 0.1) is 6.92 Å². The van der Waals surface area contributed by atoms with Crippen molar-refractivity contribution >= 4 is 55.0 Å². The number of aryl methyl sites for hydroxylation is 1. The lowest BCUT2D eigenvalue weighted by molar-refractivity contribution is 0.0838. The molecule has 3 aromatic rings. The molecule has 0 aromatic heterocycles. The lowest BCUT2D eigenvalue weighted by atomic mass is 10.2. The number of carbonyl (C=O) groups excluding carboxylic acids is 1. The molecule has 1 N–H and O–H groups in total. The lowest BCUT2D eigenvalue weighted by Gasteiger charge is -2.24. The van der Waals surface area contributed by atoms with Crippen LogP contribution in [-0.4, -0.2) is 33.0 Å². The third-order valence-electron chi connectivity index (χ3n) is 4.74. The Hall–Kier alpha value is -2.92. The highest BCUT2D eigenvalue weighted by molar-refractivity contribution is 7.91. The standard InChI is InChI=1S/C21H15Cl2N3O5S2/c1-13-6-9-15(10-7-13)33(30,31)26(21(27)16-11-8-14(22)12-18(16)23)24-20-17-4-2-3-5-19(17)32(28,29)25-20/h2-12H,1H3,(H,24,25). The molecule has 8 nitrogen and oxygen atoms in total. The summed E-state index contributed by atoms with van der Waals surface area (Å²) >= 11 is 12.0. The molecule has 1 aliphatic heterocycles. The van der Waals surface area contributed by atoms with Crippen molar-refractivity contribution in [2.24, 2.45) is 4.40 Å². The van der Waals surface area contributed by atoms with Crippen molar-refractivity contribution in [3.05, 3.63) is 93.5 Å². The molecule has 0 atom stereocenters. The zero-order valence-corrected chi connectivity index (χ0v) is 20.0. The molecule has 1 aliphatic rings. The fourth-order valence-electron chi connectivity index (χ4n) is 3.09. The first-order chi connectivity index (χ1) is 15.5. The molecule has 33 heavy (non-hydrogen) atoms. The van der Waals surface area contributed by atoms with E-state index in [1.807, 2.05) is 0 Å². The average molecular weight is 524 g/mol. The van der Waals surface area contributed by atoms with E-state index >= 15 is 0 Å². The van der Waals surface area contributed by atoms with Gasteiger partial charge in [-0.3, -0.25) is 10.2 Å². The number of fused-ring (bicyclic) bond motifs is 1. The van der Waals surface area contributed by atoms with Gasteiger partial charge in [-0.05, 0) is 49.4 Å². The van der Waals surface area contributed by atoms with E-state index in [4.69, 9.17) is 23.2 Å². The number of carbonyl (C=O) groups is 1. The maximum Gasteiger partial charge on any atom is 0.288 e. The van der Waals surface area contributed by atoms with E-state index in [0.717, 1.165) is 5.56 Å². The Labute approximate surface area is 200 Å². The summed E-state index contributed by atoms with van der Waals surface area (Å²) in [7, 11) is -8.59. The van der Waals surface area contributed by atoms with E-state index in [2.05, 4.69) is 9.82 Å². The Morgan fingerprint density at radius 1 is 1.00 bits per heavy atom. The number of hydrazine groups is 1. The first-order valence-corrected chi connectivity index (χ1v) is 13.0. The molecule has 1 heterocycles. The van der Waals surface area contributed by atoms with Crippen molar-refractivity contribution in [1.29, 1.82) is 0 Å². The molecule has 0 bridgehead atoms. The maximum absolute atomic E-state index is 13.5. The van der Waals surface area contributed by atoms with Gasteiger partial charge in [0.05, 0.1) is 15.5 Å². The smallest absolute Gasteiger partial charge is 0.266 e. The van der Waals surface area contributed by atoms with Gasteiger partial charge in [0.1, 0.15) is 4.90 Å². The van der Waals surface area contributed by atoms with Gasteiger partial charge in [-0.15, -0.1) is 8.81 Å². The molecule has 0 saturated carbocycles. The number of amidine groups is 1. The van der Waals surface area contributed by atoms with Crippen LogP contribution in [0.4, 0.5) is 0 Å². The first kappa shape index (κ1) is 23.2. The third-order valence-corrected chi connectivity index (χ3v) is 8.23. The summed E-state index contributed by atoms with van der Waals surface area (Å²) in [5.74, 6) is -1.37. The minimum absolute atomic E-state index is 0.0835. The van der Waals surface area contributed by atoms with E-state index in [0.29, 0.717) is 4.41 Å². The zero-order valence-electron chi connectivity index (χ0n) is 16.9. The molecule has 4 rings (SSSR count). The van der Waals surface area contributed by atoms with Crippen LogP contribution in [0.1, 0.15) is 21.5 Å². The second kappa shape index (κ2) is 8.45. The van der Waals surface area contributed by atoms with Gasteiger partial charge in [0.2, 0.25) is 0 Å². The number of amides is 1. The summed E-state index contributed by atoms with van der Waals surface area (Å²) in [5.41, 5.74) is 3.16. The van der Waals surface area contributed by atoms with Crippen LogP contribution in [0.25, 0.3) is 0 Å². The van der Waals surface area contributed by atoms with Gasteiger partial charge in [0, 0.05) is 10.6 Å². The van der Waals surface area contributed by atoms with Crippen molar-refractivity contribution in [1.82, 2.24) is 9.84 Å². The Balaban J connectivity index is 1.85. The molecule has 3 aromatic carbocycles. The molecule has 0 unspecified atom stereocenters. The molecule has 0 saturated heterocycles. The van der Waals surface area contributed by atoms with E-state index in [1.165, 1.54) is 48.5 Å². The van der Waals surface area contributed by atoms with Crippen molar-refractivity contribution < 1.29 is 21.6 Å². The monoisotopic (exact) mass is 523 g/mol. The summed E-state index contributed by atoms with van der Waals surface area (Å²) in [6.45, 7) is 1.78. The summed E-state index contributed by atoms with van der Waals surface area (Å²) in [5, 5.41) is 0.164. The normalized spacial score (nSPS) is 14.3. The van der Waals surface area contributed by atoms with Crippen LogP contribution in [0.5, 0.6) is 0 Å². The molecule has 0 aliphatic carbocycles. The predicted octanol–water partition coefficient (Wildman–Crippen LogP) is 3.79. The summed E-state index contributed by atoms with van der Waals surface area (Å²) < 4.78 is 55.7. The van der Waals surface area contributed by atoms with E-state index in [9.17, 15) is 21.6 Å². The number of halogens is 2. The Morgan fingerprint density at radius 3 is 2.33 bits per heavy atom. The van der Waals surface area contributed by atoms with Crippen molar-refractivity contribution in [3.8, 4) is 0 Å². The molecule has 0 spiro atoms. The van der Waals surface area contributed by atoms with Crippen LogP contribution in [0.2, 0.25) is 10.0 Å². The Bertz CT molecular complexity index is 1520. The Morgan fingerprint density at radius 2 is 1.67 bits per heavy atom. The number of hydrogen-bond acceptors (Lipinski definition) is 6. The van der Waals surface area contributed by atoms with Crippen molar-refractivity contribution in [2.45, 2.75) is 16.7 Å². The van der Waals surface area contributed by atoms with E-state index < -0.39 is 26.0 Å². The van der Waals surface area contributed by atoms with E-state index in [1.54, 1.807) is 25.1 Å². The van der Waals surface area contributed by atoms with Gasteiger partial charge in [-0.25, -0.2) is 0 Å². The molecule has 0 fully saturated rings. The van der Waals surface area contributed by atoms with Crippen molar-refractivity contribution in [2.75, 3.05) is 0 Å². The molecular formula is C21H15Cl2N3O5S2. The summed E-state index contributed by atoms with van der Waals surface area (Å²) in [6, 6.07) is 15.6. The topological polar surface area (TPSA) is 113 Å². The second-order valence-corrected chi connectivity index (χ2v) is 11.2. The van der Waals surface area contributed by atoms with Crippen LogP contribution in [0.15, 0.2) is 80.9 Å². The number of nitrogens with zero attached hydrogens (tertiary/aromatic N) is 2. The zero-order chi connectivity index (χ0) is 24.0. The van der Waals surface area contributed by atoms with Crippen LogP contribution < -0.4 is 5.43 Å². The van der Waals surface area contributed by atoms with E-state index in [-0.39, 0.29) is 36.8 Å². The first-order valence-electron chi connectivity index (χ1n) is 9.33. The molecule has 170 valence electrons. The predicted molar refractivity (Wildman–Crippen MR) is 124 cm³/mol. The maximum atomic E-state index is 13.5. The van der Waals surface area contributed by atoms with Gasteiger partial charge >= 0.3 is 0 Å². The molecule has 12 heteroatoms. The number of rotatable bonds is 3. The van der Waals surface area contributed by atoms with Gasteiger partial charge in [-0.1, -0.05) is 53.0 Å². The average Bonchev–Trinajstić information content (AvgIpc) is 3.02. The van der Waals surface area contributed by atoms with Gasteiger partial charge < -0.3 is 0 Å². The highest BCUT2D eigenvalue weighted by atomic mass is 35.5. The number of hydrogen-bond donors (Lipinski definition) is 1. The summed E-state index contributed by atoms with van der Waals surface area (Å²) in [4.78, 5) is 13.1. The highest BCUT2D eigenvalue weighted by Crippen LogP contribution is 2.28. The van der Waals surface area contributed by atoms with Gasteiger partial charge in [-0.2, -0.15) is 16.8 Å². The quantitative estimate of drug-likeness (QED) is 0.522. The van der Waals surface area contributed by atoms with Crippen molar-refractivity contribution in [3.63, 3.8) is 0 Å². The lowest BCUT2D eigenvalue weighted by Crippen LogP contribution is -2.49. The third kappa shape index (κ3) is 4.34. The SMILES string of the molecule is Cc1ccc(S(=O)(=O)N(NC2=NS(=O)(=O)c3ccccc32)C(=O)c2ccc(Cl)cc2Cl)cc1. The number of sulfonamides is 2.